The summed E-state index contributed by atoms with van der Waals surface area (Å²) in [5.74, 6) is 0.746. The maximum absolute atomic E-state index is 12.5. The fourth-order valence-electron chi connectivity index (χ4n) is 2.95. The van der Waals surface area contributed by atoms with Gasteiger partial charge in [-0.25, -0.2) is 0 Å². The predicted molar refractivity (Wildman–Crippen MR) is 114 cm³/mol. The van der Waals surface area contributed by atoms with Crippen molar-refractivity contribution in [1.29, 1.82) is 0 Å². The molecule has 0 aromatic heterocycles. The molecule has 0 saturated heterocycles. The number of hydrogen-bond acceptors (Lipinski definition) is 5. The van der Waals surface area contributed by atoms with E-state index in [-0.39, 0.29) is 16.6 Å². The molecule has 0 spiro atoms. The molecule has 0 aliphatic rings. The van der Waals surface area contributed by atoms with Gasteiger partial charge in [-0.1, -0.05) is 41.5 Å². The lowest BCUT2D eigenvalue weighted by Crippen LogP contribution is -2.16. The van der Waals surface area contributed by atoms with Gasteiger partial charge in [-0.3, -0.25) is 4.79 Å². The van der Waals surface area contributed by atoms with Crippen LogP contribution >= 0.6 is 0 Å². The number of phenolic OH excluding ortho intramolecular Hbond substituents is 1. The van der Waals surface area contributed by atoms with E-state index >= 15 is 0 Å². The van der Waals surface area contributed by atoms with Crippen LogP contribution < -0.4 is 9.47 Å². The fourth-order valence-corrected chi connectivity index (χ4v) is 2.95. The van der Waals surface area contributed by atoms with Crippen LogP contribution in [-0.4, -0.2) is 25.2 Å². The van der Waals surface area contributed by atoms with E-state index in [0.29, 0.717) is 22.7 Å². The van der Waals surface area contributed by atoms with Crippen LogP contribution in [0.2, 0.25) is 0 Å². The molecule has 0 aliphatic carbocycles. The Morgan fingerprint density at radius 2 is 1.38 bits per heavy atom. The Labute approximate surface area is 172 Å². The smallest absolute Gasteiger partial charge is 0.295 e. The summed E-state index contributed by atoms with van der Waals surface area (Å²) >= 11 is 0. The van der Waals surface area contributed by atoms with E-state index in [9.17, 15) is 9.90 Å². The van der Waals surface area contributed by atoms with Gasteiger partial charge in [-0.15, -0.1) is 10.2 Å². The van der Waals surface area contributed by atoms with Crippen molar-refractivity contribution in [3.63, 3.8) is 0 Å². The van der Waals surface area contributed by atoms with Crippen LogP contribution in [0.5, 0.6) is 17.2 Å². The Kier molecular flexibility index (Phi) is 6.36. The van der Waals surface area contributed by atoms with Gasteiger partial charge < -0.3 is 14.6 Å². The van der Waals surface area contributed by atoms with Crippen LogP contribution in [0.1, 0.15) is 63.0 Å². The molecule has 2 aromatic carbocycles. The zero-order valence-electron chi connectivity index (χ0n) is 18.5. The average Bonchev–Trinajstić information content (AvgIpc) is 2.64. The number of carbonyl (C=O) groups is 1. The highest BCUT2D eigenvalue weighted by molar-refractivity contribution is 5.95. The van der Waals surface area contributed by atoms with Crippen LogP contribution in [0.25, 0.3) is 0 Å². The van der Waals surface area contributed by atoms with Crippen LogP contribution in [-0.2, 0) is 10.8 Å². The van der Waals surface area contributed by atoms with Gasteiger partial charge in [-0.05, 0) is 41.2 Å². The molecule has 0 heterocycles. The number of rotatable bonds is 4. The number of carbonyl (C=O) groups excluding carboxylic acids is 1. The molecule has 29 heavy (non-hydrogen) atoms. The van der Waals surface area contributed by atoms with Crippen LogP contribution in [0, 0.1) is 0 Å². The summed E-state index contributed by atoms with van der Waals surface area (Å²) < 4.78 is 10.4. The standard InChI is InChI=1S/C23H30N2O4/c1-22(2,3)16-12-15(13-17(20(16)26)23(4,5)6)24-25-21(27)14-9-10-18(28-7)19(11-14)29-8/h9-13,26H,1-8H3. The zero-order chi connectivity index (χ0) is 22.0. The number of amides is 1. The fraction of sp³-hybridized carbons (Fsp3) is 0.435. The molecule has 156 valence electrons. The van der Waals surface area contributed by atoms with Gasteiger partial charge in [0.2, 0.25) is 0 Å². The minimum Gasteiger partial charge on any atom is -0.507 e. The van der Waals surface area contributed by atoms with E-state index in [4.69, 9.17) is 9.47 Å². The molecule has 6 nitrogen and oxygen atoms in total. The lowest BCUT2D eigenvalue weighted by atomic mass is 9.79. The summed E-state index contributed by atoms with van der Waals surface area (Å²) in [7, 11) is 3.04. The third-order valence-corrected chi connectivity index (χ3v) is 4.60. The number of nitrogens with zero attached hydrogens (tertiary/aromatic N) is 2. The van der Waals surface area contributed by atoms with Crippen molar-refractivity contribution in [3.05, 3.63) is 47.0 Å². The zero-order valence-corrected chi connectivity index (χ0v) is 18.5. The van der Waals surface area contributed by atoms with Gasteiger partial charge in [-0.2, -0.15) is 0 Å². The summed E-state index contributed by atoms with van der Waals surface area (Å²) in [5, 5.41) is 18.8. The van der Waals surface area contributed by atoms with Crippen LogP contribution in [0.4, 0.5) is 5.69 Å². The van der Waals surface area contributed by atoms with Gasteiger partial charge >= 0.3 is 0 Å². The molecule has 2 aromatic rings. The van der Waals surface area contributed by atoms with Crippen molar-refractivity contribution in [1.82, 2.24) is 0 Å². The number of methoxy groups -OCH3 is 2. The Morgan fingerprint density at radius 3 is 1.83 bits per heavy atom. The second kappa shape index (κ2) is 8.23. The molecule has 2 rings (SSSR count). The molecule has 1 amide bonds. The Balaban J connectivity index is 2.45. The molecule has 6 heteroatoms. The molecule has 0 atom stereocenters. The number of azo groups is 1. The molecule has 0 unspecified atom stereocenters. The third kappa shape index (κ3) is 5.13. The average molecular weight is 399 g/mol. The first-order valence-corrected chi connectivity index (χ1v) is 9.44. The summed E-state index contributed by atoms with van der Waals surface area (Å²) in [6, 6.07) is 8.38. The van der Waals surface area contributed by atoms with Gasteiger partial charge in [0.1, 0.15) is 5.75 Å². The Hall–Kier alpha value is -2.89. The van der Waals surface area contributed by atoms with Gasteiger partial charge in [0.25, 0.3) is 5.91 Å². The maximum Gasteiger partial charge on any atom is 0.295 e. The maximum atomic E-state index is 12.5. The SMILES string of the molecule is COc1ccc(C(=O)N=Nc2cc(C(C)(C)C)c(O)c(C(C)(C)C)c2)cc1OC. The van der Waals surface area contributed by atoms with E-state index < -0.39 is 5.91 Å². The topological polar surface area (TPSA) is 80.5 Å². The van der Waals surface area contributed by atoms with Crippen LogP contribution in [0.3, 0.4) is 0 Å². The summed E-state index contributed by atoms with van der Waals surface area (Å²) in [6.45, 7) is 12.1. The van der Waals surface area contributed by atoms with Crippen molar-refractivity contribution in [2.24, 2.45) is 10.2 Å². The highest BCUT2D eigenvalue weighted by Gasteiger charge is 2.26. The van der Waals surface area contributed by atoms with E-state index in [2.05, 4.69) is 10.2 Å². The summed E-state index contributed by atoms with van der Waals surface area (Å²) in [4.78, 5) is 12.5. The second-order valence-corrected chi connectivity index (χ2v) is 8.96. The minimum atomic E-state index is -0.492. The largest absolute Gasteiger partial charge is 0.507 e. The van der Waals surface area contributed by atoms with E-state index in [1.54, 1.807) is 30.3 Å². The molecular formula is C23H30N2O4. The minimum absolute atomic E-state index is 0.259. The van der Waals surface area contributed by atoms with Crippen LogP contribution in [0.15, 0.2) is 40.6 Å². The number of phenols is 1. The Bertz CT molecular complexity index is 900. The number of benzene rings is 2. The number of ether oxygens (including phenoxy) is 2. The summed E-state index contributed by atoms with van der Waals surface area (Å²) in [6.07, 6.45) is 0. The second-order valence-electron chi connectivity index (χ2n) is 8.96. The van der Waals surface area contributed by atoms with Gasteiger partial charge in [0, 0.05) is 16.7 Å². The Morgan fingerprint density at radius 1 is 0.862 bits per heavy atom. The predicted octanol–water partition coefficient (Wildman–Crippen LogP) is 5.93. The first-order chi connectivity index (χ1) is 13.4. The third-order valence-electron chi connectivity index (χ3n) is 4.60. The van der Waals surface area contributed by atoms with E-state index in [0.717, 1.165) is 11.1 Å². The highest BCUT2D eigenvalue weighted by atomic mass is 16.5. The number of aromatic hydroxyl groups is 1. The molecule has 0 fully saturated rings. The van der Waals surface area contributed by atoms with E-state index in [1.165, 1.54) is 14.2 Å². The first kappa shape index (κ1) is 22.4. The molecule has 0 bridgehead atoms. The van der Waals surface area contributed by atoms with Crippen molar-refractivity contribution < 1.29 is 19.4 Å². The molecule has 0 radical (unpaired) electrons. The quantitative estimate of drug-likeness (QED) is 0.647. The lowest BCUT2D eigenvalue weighted by molar-refractivity contribution is 0.0994. The van der Waals surface area contributed by atoms with E-state index in [1.807, 2.05) is 41.5 Å². The molecule has 1 N–H and O–H groups in total. The molecular weight excluding hydrogens is 368 g/mol. The van der Waals surface area contributed by atoms with Gasteiger partial charge in [0.05, 0.1) is 19.9 Å². The molecule has 0 saturated carbocycles. The first-order valence-electron chi connectivity index (χ1n) is 9.44. The van der Waals surface area contributed by atoms with Crippen molar-refractivity contribution in [2.45, 2.75) is 52.4 Å². The monoisotopic (exact) mass is 398 g/mol. The van der Waals surface area contributed by atoms with Crippen molar-refractivity contribution in [2.75, 3.05) is 14.2 Å². The summed E-state index contributed by atoms with van der Waals surface area (Å²) in [5.41, 5.74) is 1.81. The van der Waals surface area contributed by atoms with Crippen molar-refractivity contribution in [3.8, 4) is 17.2 Å². The highest BCUT2D eigenvalue weighted by Crippen LogP contribution is 2.41. The van der Waals surface area contributed by atoms with Gasteiger partial charge in [0.15, 0.2) is 11.5 Å². The van der Waals surface area contributed by atoms with Crippen molar-refractivity contribution >= 4 is 11.6 Å². The number of hydrogen-bond donors (Lipinski definition) is 1. The normalized spacial score (nSPS) is 12.3. The molecule has 0 aliphatic heterocycles. The lowest BCUT2D eigenvalue weighted by Gasteiger charge is -2.27.